The molecule has 0 fully saturated rings. The number of benzene rings is 2. The number of hydrogen-bond donors (Lipinski definition) is 1. The number of fused-ring (bicyclic) bond motifs is 3. The third-order valence-corrected chi connectivity index (χ3v) is 5.18. The molecule has 0 aliphatic carbocycles. The minimum atomic E-state index is -0.247. The molecule has 4 aromatic rings. The molecule has 2 aromatic carbocycles. The number of aromatic amines is 1. The molecule has 0 saturated heterocycles. The first-order valence-electron chi connectivity index (χ1n) is 9.52. The van der Waals surface area contributed by atoms with E-state index in [-0.39, 0.29) is 5.82 Å². The standard InChI is InChI=1S/C24H23FN2/c1-3-4-5-8-17-13-14-26-24-23(17)20-15-18(11-12-22(20)27-24)16(2)19-9-6-7-10-21(19)25/h6-7,9-15H,2-5,8H2,1H3,(H,26,27). The molecule has 0 aliphatic rings. The van der Waals surface area contributed by atoms with Crippen molar-refractivity contribution in [3.05, 3.63) is 83.8 Å². The normalized spacial score (nSPS) is 11.3. The average molecular weight is 358 g/mol. The lowest BCUT2D eigenvalue weighted by Gasteiger charge is -2.08. The third kappa shape index (κ3) is 3.25. The first kappa shape index (κ1) is 17.5. The quantitative estimate of drug-likeness (QED) is 0.384. The summed E-state index contributed by atoms with van der Waals surface area (Å²) in [5.74, 6) is -0.247. The molecule has 4 rings (SSSR count). The summed E-state index contributed by atoms with van der Waals surface area (Å²) >= 11 is 0. The van der Waals surface area contributed by atoms with Gasteiger partial charge in [0.2, 0.25) is 0 Å². The van der Waals surface area contributed by atoms with Gasteiger partial charge in [0.05, 0.1) is 0 Å². The SMILES string of the molecule is C=C(c1ccc2[nH]c3nccc(CCCCC)c3c2c1)c1ccccc1F. The molecule has 0 radical (unpaired) electrons. The molecule has 2 heterocycles. The fourth-order valence-corrected chi connectivity index (χ4v) is 3.71. The molecule has 0 unspecified atom stereocenters. The number of H-pyrrole nitrogens is 1. The highest BCUT2D eigenvalue weighted by molar-refractivity contribution is 6.08. The molecule has 2 aromatic heterocycles. The number of halogens is 1. The number of aryl methyl sites for hydroxylation is 1. The van der Waals surface area contributed by atoms with E-state index in [0.29, 0.717) is 11.1 Å². The number of hydrogen-bond acceptors (Lipinski definition) is 1. The summed E-state index contributed by atoms with van der Waals surface area (Å²) in [6.07, 6.45) is 6.51. The van der Waals surface area contributed by atoms with Crippen molar-refractivity contribution >= 4 is 27.5 Å². The van der Waals surface area contributed by atoms with Crippen LogP contribution in [0, 0.1) is 5.82 Å². The van der Waals surface area contributed by atoms with E-state index in [1.54, 1.807) is 12.1 Å². The van der Waals surface area contributed by atoms with Crippen LogP contribution in [-0.2, 0) is 6.42 Å². The van der Waals surface area contributed by atoms with Gasteiger partial charge in [-0.3, -0.25) is 0 Å². The van der Waals surface area contributed by atoms with Gasteiger partial charge < -0.3 is 4.98 Å². The second-order valence-corrected chi connectivity index (χ2v) is 6.99. The summed E-state index contributed by atoms with van der Waals surface area (Å²) in [5, 5.41) is 2.30. The Bertz CT molecular complexity index is 1120. The maximum atomic E-state index is 14.2. The van der Waals surface area contributed by atoms with Gasteiger partial charge >= 0.3 is 0 Å². The van der Waals surface area contributed by atoms with Crippen LogP contribution >= 0.6 is 0 Å². The topological polar surface area (TPSA) is 28.7 Å². The first-order chi connectivity index (χ1) is 13.2. The fourth-order valence-electron chi connectivity index (χ4n) is 3.71. The van der Waals surface area contributed by atoms with E-state index in [0.717, 1.165) is 28.5 Å². The van der Waals surface area contributed by atoms with Crippen molar-refractivity contribution in [3.63, 3.8) is 0 Å². The summed E-state index contributed by atoms with van der Waals surface area (Å²) in [5.41, 5.74) is 5.43. The second-order valence-electron chi connectivity index (χ2n) is 6.99. The molecule has 1 N–H and O–H groups in total. The molecule has 0 saturated carbocycles. The van der Waals surface area contributed by atoms with Gasteiger partial charge in [0, 0.05) is 28.0 Å². The van der Waals surface area contributed by atoms with Crippen molar-refractivity contribution in [3.8, 4) is 0 Å². The highest BCUT2D eigenvalue weighted by Gasteiger charge is 2.13. The Kier molecular flexibility index (Phi) is 4.76. The van der Waals surface area contributed by atoms with Crippen LogP contribution in [0.25, 0.3) is 27.5 Å². The van der Waals surface area contributed by atoms with Gasteiger partial charge in [0.25, 0.3) is 0 Å². The van der Waals surface area contributed by atoms with Gasteiger partial charge in [-0.2, -0.15) is 0 Å². The number of nitrogens with zero attached hydrogens (tertiary/aromatic N) is 1. The van der Waals surface area contributed by atoms with E-state index in [2.05, 4.69) is 35.6 Å². The van der Waals surface area contributed by atoms with Crippen LogP contribution < -0.4 is 0 Å². The number of rotatable bonds is 6. The summed E-state index contributed by atoms with van der Waals surface area (Å²) < 4.78 is 14.2. The van der Waals surface area contributed by atoms with Gasteiger partial charge in [-0.1, -0.05) is 50.6 Å². The van der Waals surface area contributed by atoms with E-state index in [1.807, 2.05) is 24.4 Å². The monoisotopic (exact) mass is 358 g/mol. The predicted octanol–water partition coefficient (Wildman–Crippen LogP) is 6.65. The summed E-state index contributed by atoms with van der Waals surface area (Å²) in [7, 11) is 0. The Hall–Kier alpha value is -2.94. The maximum absolute atomic E-state index is 14.2. The fraction of sp³-hybridized carbons (Fsp3) is 0.208. The molecule has 0 aliphatic heterocycles. The number of unbranched alkanes of at least 4 members (excludes halogenated alkanes) is 2. The van der Waals surface area contributed by atoms with Crippen LogP contribution in [0.5, 0.6) is 0 Å². The van der Waals surface area contributed by atoms with E-state index in [9.17, 15) is 4.39 Å². The van der Waals surface area contributed by atoms with Gasteiger partial charge in [0.15, 0.2) is 0 Å². The van der Waals surface area contributed by atoms with E-state index < -0.39 is 0 Å². The lowest BCUT2D eigenvalue weighted by molar-refractivity contribution is 0.624. The zero-order valence-electron chi connectivity index (χ0n) is 15.6. The molecule has 2 nitrogen and oxygen atoms in total. The van der Waals surface area contributed by atoms with Crippen LogP contribution in [0.15, 0.2) is 61.3 Å². The number of nitrogens with one attached hydrogen (secondary N) is 1. The van der Waals surface area contributed by atoms with Crippen LogP contribution in [0.1, 0.15) is 42.9 Å². The zero-order chi connectivity index (χ0) is 18.8. The summed E-state index contributed by atoms with van der Waals surface area (Å²) in [6.45, 7) is 6.36. The molecule has 3 heteroatoms. The van der Waals surface area contributed by atoms with Gasteiger partial charge in [0.1, 0.15) is 11.5 Å². The Morgan fingerprint density at radius 1 is 1.11 bits per heavy atom. The summed E-state index contributed by atoms with van der Waals surface area (Å²) in [6, 6.07) is 15.0. The van der Waals surface area contributed by atoms with Crippen molar-refractivity contribution in [2.24, 2.45) is 0 Å². The average Bonchev–Trinajstić information content (AvgIpc) is 3.06. The molecule has 0 spiro atoms. The molecule has 27 heavy (non-hydrogen) atoms. The van der Waals surface area contributed by atoms with Crippen LogP contribution in [-0.4, -0.2) is 9.97 Å². The van der Waals surface area contributed by atoms with Crippen molar-refractivity contribution < 1.29 is 4.39 Å². The Labute approximate surface area is 158 Å². The highest BCUT2D eigenvalue weighted by Crippen LogP contribution is 2.32. The summed E-state index contributed by atoms with van der Waals surface area (Å²) in [4.78, 5) is 7.93. The molecule has 0 atom stereocenters. The zero-order valence-corrected chi connectivity index (χ0v) is 15.6. The van der Waals surface area contributed by atoms with E-state index in [1.165, 1.54) is 36.3 Å². The Balaban J connectivity index is 1.82. The van der Waals surface area contributed by atoms with Crippen molar-refractivity contribution in [1.29, 1.82) is 0 Å². The minimum absolute atomic E-state index is 0.247. The largest absolute Gasteiger partial charge is 0.339 e. The second kappa shape index (κ2) is 7.36. The minimum Gasteiger partial charge on any atom is -0.339 e. The van der Waals surface area contributed by atoms with Crippen molar-refractivity contribution in [2.45, 2.75) is 32.6 Å². The van der Waals surface area contributed by atoms with Gasteiger partial charge in [-0.25, -0.2) is 9.37 Å². The molecular formula is C24H23FN2. The highest BCUT2D eigenvalue weighted by atomic mass is 19.1. The number of aromatic nitrogens is 2. The van der Waals surface area contributed by atoms with Crippen LogP contribution in [0.2, 0.25) is 0 Å². The van der Waals surface area contributed by atoms with Gasteiger partial charge in [-0.05, 0) is 53.8 Å². The lowest BCUT2D eigenvalue weighted by atomic mass is 9.96. The Morgan fingerprint density at radius 3 is 2.78 bits per heavy atom. The predicted molar refractivity (Wildman–Crippen MR) is 111 cm³/mol. The third-order valence-electron chi connectivity index (χ3n) is 5.18. The number of pyridine rings is 1. The molecular weight excluding hydrogens is 335 g/mol. The lowest BCUT2D eigenvalue weighted by Crippen LogP contribution is -1.91. The molecule has 0 bridgehead atoms. The van der Waals surface area contributed by atoms with Crippen molar-refractivity contribution in [2.75, 3.05) is 0 Å². The Morgan fingerprint density at radius 2 is 1.96 bits per heavy atom. The van der Waals surface area contributed by atoms with Crippen LogP contribution in [0.3, 0.4) is 0 Å². The molecule has 0 amide bonds. The maximum Gasteiger partial charge on any atom is 0.138 e. The van der Waals surface area contributed by atoms with Crippen molar-refractivity contribution in [1.82, 2.24) is 9.97 Å². The van der Waals surface area contributed by atoms with Crippen LogP contribution in [0.4, 0.5) is 4.39 Å². The van der Waals surface area contributed by atoms with E-state index in [4.69, 9.17) is 0 Å². The first-order valence-corrected chi connectivity index (χ1v) is 9.52. The molecule has 136 valence electrons. The van der Waals surface area contributed by atoms with E-state index >= 15 is 0 Å². The smallest absolute Gasteiger partial charge is 0.138 e. The van der Waals surface area contributed by atoms with Gasteiger partial charge in [-0.15, -0.1) is 0 Å².